The second-order valence-electron chi connectivity index (χ2n) is 3.30. The van der Waals surface area contributed by atoms with E-state index in [0.29, 0.717) is 19.5 Å². The number of nitrogens with zero attached hydrogens (tertiary/aromatic N) is 1. The maximum Gasteiger partial charge on any atom is 0.224 e. The fourth-order valence-electron chi connectivity index (χ4n) is 1.29. The van der Waals surface area contributed by atoms with Crippen molar-refractivity contribution >= 4 is 11.8 Å². The molecule has 0 aliphatic carbocycles. The van der Waals surface area contributed by atoms with Crippen LogP contribution >= 0.6 is 0 Å². The number of carbonyl (C=O) groups is 2. The minimum atomic E-state index is -0.143. The Labute approximate surface area is 85.7 Å². The third-order valence-corrected chi connectivity index (χ3v) is 2.23. The Kier molecular flexibility index (Phi) is 5.92. The molecule has 0 spiro atoms. The summed E-state index contributed by atoms with van der Waals surface area (Å²) in [5.41, 5.74) is 0. The maximum absolute atomic E-state index is 11.4. The van der Waals surface area contributed by atoms with Gasteiger partial charge in [0.2, 0.25) is 11.8 Å². The molecule has 0 rings (SSSR count). The fraction of sp³-hybridized carbons (Fsp3) is 0.800. The Bertz CT molecular complexity index is 204. The van der Waals surface area contributed by atoms with Gasteiger partial charge in [0, 0.05) is 26.6 Å². The first-order chi connectivity index (χ1) is 6.56. The lowest BCUT2D eigenvalue weighted by atomic mass is 10.1. The van der Waals surface area contributed by atoms with Crippen molar-refractivity contribution in [2.75, 3.05) is 20.1 Å². The molecule has 0 radical (unpaired) electrons. The molecule has 0 fully saturated rings. The van der Waals surface area contributed by atoms with E-state index < -0.39 is 0 Å². The van der Waals surface area contributed by atoms with Crippen LogP contribution in [0.1, 0.15) is 27.2 Å². The molecule has 0 bridgehead atoms. The van der Waals surface area contributed by atoms with Gasteiger partial charge in [0.25, 0.3) is 0 Å². The van der Waals surface area contributed by atoms with E-state index >= 15 is 0 Å². The zero-order valence-corrected chi connectivity index (χ0v) is 9.46. The number of amides is 2. The van der Waals surface area contributed by atoms with E-state index in [4.69, 9.17) is 0 Å². The normalized spacial score (nSPS) is 12.0. The van der Waals surface area contributed by atoms with Crippen LogP contribution in [0.5, 0.6) is 0 Å². The number of nitrogens with one attached hydrogen (secondary N) is 1. The van der Waals surface area contributed by atoms with Crippen molar-refractivity contribution in [3.8, 4) is 0 Å². The first-order valence-electron chi connectivity index (χ1n) is 5.06. The minimum absolute atomic E-state index is 0.0210. The summed E-state index contributed by atoms with van der Waals surface area (Å²) in [6.07, 6.45) is 0.494. The van der Waals surface area contributed by atoms with Crippen molar-refractivity contribution in [2.45, 2.75) is 27.2 Å². The van der Waals surface area contributed by atoms with Crippen LogP contribution in [0.4, 0.5) is 0 Å². The number of rotatable bonds is 5. The summed E-state index contributed by atoms with van der Waals surface area (Å²) in [6, 6.07) is 0. The van der Waals surface area contributed by atoms with Crippen LogP contribution in [0.3, 0.4) is 0 Å². The van der Waals surface area contributed by atoms with Gasteiger partial charge in [-0.05, 0) is 6.92 Å². The predicted molar refractivity (Wildman–Crippen MR) is 55.8 cm³/mol. The Morgan fingerprint density at radius 1 is 1.36 bits per heavy atom. The molecule has 82 valence electrons. The number of hydrogen-bond donors (Lipinski definition) is 1. The Morgan fingerprint density at radius 3 is 2.29 bits per heavy atom. The van der Waals surface area contributed by atoms with Gasteiger partial charge in [-0.15, -0.1) is 0 Å². The Morgan fingerprint density at radius 2 is 1.93 bits per heavy atom. The summed E-state index contributed by atoms with van der Waals surface area (Å²) in [6.45, 7) is 6.74. The van der Waals surface area contributed by atoms with Crippen molar-refractivity contribution in [2.24, 2.45) is 5.92 Å². The number of carbonyl (C=O) groups excluding carboxylic acids is 2. The van der Waals surface area contributed by atoms with Gasteiger partial charge >= 0.3 is 0 Å². The summed E-state index contributed by atoms with van der Waals surface area (Å²) in [5, 5.41) is 2.57. The lowest BCUT2D eigenvalue weighted by Gasteiger charge is -2.23. The predicted octanol–water partition coefficient (Wildman–Crippen LogP) is 0.627. The second kappa shape index (κ2) is 6.40. The van der Waals surface area contributed by atoms with Gasteiger partial charge in [-0.2, -0.15) is 0 Å². The van der Waals surface area contributed by atoms with Crippen LogP contribution in [-0.2, 0) is 9.59 Å². The molecule has 0 saturated heterocycles. The average Bonchev–Trinajstić information content (AvgIpc) is 2.22. The van der Waals surface area contributed by atoms with Crippen LogP contribution in [0, 0.1) is 5.92 Å². The summed E-state index contributed by atoms with van der Waals surface area (Å²) < 4.78 is 0. The quantitative estimate of drug-likeness (QED) is 0.707. The van der Waals surface area contributed by atoms with E-state index in [2.05, 4.69) is 5.32 Å². The molecule has 1 N–H and O–H groups in total. The summed E-state index contributed by atoms with van der Waals surface area (Å²) in [5.74, 6) is -0.0638. The topological polar surface area (TPSA) is 49.4 Å². The third kappa shape index (κ3) is 3.77. The molecule has 0 aromatic rings. The van der Waals surface area contributed by atoms with Gasteiger partial charge in [0.05, 0.1) is 5.92 Å². The monoisotopic (exact) mass is 200 g/mol. The molecular weight excluding hydrogens is 180 g/mol. The van der Waals surface area contributed by atoms with E-state index in [1.807, 2.05) is 20.8 Å². The largest absolute Gasteiger partial charge is 0.359 e. The van der Waals surface area contributed by atoms with Crippen molar-refractivity contribution in [1.29, 1.82) is 0 Å². The van der Waals surface area contributed by atoms with Crippen molar-refractivity contribution < 1.29 is 9.59 Å². The van der Waals surface area contributed by atoms with Crippen LogP contribution < -0.4 is 5.32 Å². The highest BCUT2D eigenvalue weighted by Crippen LogP contribution is 2.02. The van der Waals surface area contributed by atoms with Crippen LogP contribution in [0.15, 0.2) is 0 Å². The smallest absolute Gasteiger partial charge is 0.224 e. The van der Waals surface area contributed by atoms with Gasteiger partial charge < -0.3 is 10.2 Å². The van der Waals surface area contributed by atoms with Crippen LogP contribution in [0.25, 0.3) is 0 Å². The third-order valence-electron chi connectivity index (χ3n) is 2.23. The van der Waals surface area contributed by atoms with Gasteiger partial charge in [0.15, 0.2) is 0 Å². The van der Waals surface area contributed by atoms with Gasteiger partial charge in [-0.25, -0.2) is 0 Å². The maximum atomic E-state index is 11.4. The molecule has 0 aromatic heterocycles. The molecule has 1 unspecified atom stereocenters. The first-order valence-corrected chi connectivity index (χ1v) is 5.06. The first kappa shape index (κ1) is 12.9. The average molecular weight is 200 g/mol. The summed E-state index contributed by atoms with van der Waals surface area (Å²) in [4.78, 5) is 24.3. The lowest BCUT2D eigenvalue weighted by Crippen LogP contribution is -2.39. The Hall–Kier alpha value is -1.06. The summed E-state index contributed by atoms with van der Waals surface area (Å²) in [7, 11) is 1.61. The van der Waals surface area contributed by atoms with Gasteiger partial charge in [0.1, 0.15) is 0 Å². The molecule has 1 atom stereocenters. The van der Waals surface area contributed by atoms with Crippen molar-refractivity contribution in [3.63, 3.8) is 0 Å². The lowest BCUT2D eigenvalue weighted by molar-refractivity contribution is -0.132. The highest BCUT2D eigenvalue weighted by molar-refractivity contribution is 5.80. The van der Waals surface area contributed by atoms with Crippen LogP contribution in [0.2, 0.25) is 0 Å². The zero-order valence-electron chi connectivity index (χ0n) is 9.46. The molecule has 0 saturated carbocycles. The van der Waals surface area contributed by atoms with E-state index in [1.165, 1.54) is 0 Å². The van der Waals surface area contributed by atoms with E-state index in [9.17, 15) is 9.59 Å². The molecule has 0 aliphatic rings. The molecule has 4 nitrogen and oxygen atoms in total. The SMILES string of the molecule is CCC(=O)N(CC)CC(C)C(=O)NC. The van der Waals surface area contributed by atoms with Crippen molar-refractivity contribution in [1.82, 2.24) is 10.2 Å². The van der Waals surface area contributed by atoms with Crippen molar-refractivity contribution in [3.05, 3.63) is 0 Å². The second-order valence-corrected chi connectivity index (χ2v) is 3.30. The molecule has 0 aromatic carbocycles. The molecule has 4 heteroatoms. The van der Waals surface area contributed by atoms with E-state index in [1.54, 1.807) is 11.9 Å². The molecule has 0 heterocycles. The molecular formula is C10H20N2O2. The van der Waals surface area contributed by atoms with Crippen LogP contribution in [-0.4, -0.2) is 36.9 Å². The zero-order chi connectivity index (χ0) is 11.1. The highest BCUT2D eigenvalue weighted by atomic mass is 16.2. The van der Waals surface area contributed by atoms with E-state index in [-0.39, 0.29) is 17.7 Å². The molecule has 2 amide bonds. The number of hydrogen-bond acceptors (Lipinski definition) is 2. The minimum Gasteiger partial charge on any atom is -0.359 e. The van der Waals surface area contributed by atoms with E-state index in [0.717, 1.165) is 0 Å². The summed E-state index contributed by atoms with van der Waals surface area (Å²) >= 11 is 0. The standard InChI is InChI=1S/C10H20N2O2/c1-5-9(13)12(6-2)7-8(3)10(14)11-4/h8H,5-7H2,1-4H3,(H,11,14). The fourth-order valence-corrected chi connectivity index (χ4v) is 1.29. The van der Waals surface area contributed by atoms with Gasteiger partial charge in [-0.3, -0.25) is 9.59 Å². The molecule has 0 aliphatic heterocycles. The van der Waals surface area contributed by atoms with Gasteiger partial charge in [-0.1, -0.05) is 13.8 Å². The molecule has 14 heavy (non-hydrogen) atoms. The Balaban J connectivity index is 4.17. The highest BCUT2D eigenvalue weighted by Gasteiger charge is 2.17.